The smallest absolute Gasteiger partial charge is 0.271 e. The minimum absolute atomic E-state index is 0.0366. The van der Waals surface area contributed by atoms with Gasteiger partial charge in [-0.05, 0) is 16.5 Å². The van der Waals surface area contributed by atoms with E-state index in [4.69, 9.17) is 0 Å². The molecule has 116 valence electrons. The second-order valence-electron chi connectivity index (χ2n) is 5.67. The van der Waals surface area contributed by atoms with E-state index in [1.54, 1.807) is 21.7 Å². The van der Waals surface area contributed by atoms with Crippen molar-refractivity contribution in [1.82, 2.24) is 20.2 Å². The molecular formula is C13H19N7O2+2. The summed E-state index contributed by atoms with van der Waals surface area (Å²) in [5, 5.41) is 22.7. The van der Waals surface area contributed by atoms with Gasteiger partial charge in [-0.3, -0.25) is 10.1 Å². The van der Waals surface area contributed by atoms with Crippen LogP contribution in [0, 0.1) is 10.1 Å². The van der Waals surface area contributed by atoms with Crippen molar-refractivity contribution < 1.29 is 14.7 Å². The minimum atomic E-state index is -0.415. The predicted octanol–water partition coefficient (Wildman–Crippen LogP) is -2.52. The van der Waals surface area contributed by atoms with Crippen molar-refractivity contribution in [2.24, 2.45) is 0 Å². The van der Waals surface area contributed by atoms with E-state index < -0.39 is 4.92 Å². The number of benzene rings is 1. The summed E-state index contributed by atoms with van der Waals surface area (Å²) in [4.78, 5) is 13.5. The first-order valence-corrected chi connectivity index (χ1v) is 7.30. The monoisotopic (exact) mass is 305 g/mol. The van der Waals surface area contributed by atoms with Crippen molar-refractivity contribution in [2.45, 2.75) is 6.54 Å². The summed E-state index contributed by atoms with van der Waals surface area (Å²) in [6.45, 7) is 5.14. The van der Waals surface area contributed by atoms with E-state index in [9.17, 15) is 10.1 Å². The molecule has 0 aliphatic carbocycles. The number of nitrogens with zero attached hydrogens (tertiary/aromatic N) is 5. The van der Waals surface area contributed by atoms with Crippen LogP contribution >= 0.6 is 0 Å². The Hall–Kier alpha value is -2.39. The molecule has 0 radical (unpaired) electrons. The SMILES string of the molecule is C[NH+]1CC[NH+](Cc2nnnn2-c2cccc([N+](=O)[O-])c2)CC1. The Morgan fingerprint density at radius 1 is 1.32 bits per heavy atom. The normalized spacial score (nSPS) is 21.7. The fraction of sp³-hybridized carbons (Fsp3) is 0.462. The maximum Gasteiger partial charge on any atom is 0.271 e. The second kappa shape index (κ2) is 6.16. The Morgan fingerprint density at radius 3 is 2.82 bits per heavy atom. The lowest BCUT2D eigenvalue weighted by Gasteiger charge is -2.26. The molecule has 1 saturated heterocycles. The third-order valence-electron chi connectivity index (χ3n) is 4.04. The van der Waals surface area contributed by atoms with Crippen molar-refractivity contribution >= 4 is 5.69 Å². The van der Waals surface area contributed by atoms with Crippen molar-refractivity contribution in [2.75, 3.05) is 33.2 Å². The summed E-state index contributed by atoms with van der Waals surface area (Å²) in [5.41, 5.74) is 0.655. The van der Waals surface area contributed by atoms with Gasteiger partial charge in [0.25, 0.3) is 5.69 Å². The van der Waals surface area contributed by atoms with Crippen LogP contribution in [0.4, 0.5) is 5.69 Å². The summed E-state index contributed by atoms with van der Waals surface area (Å²) in [7, 11) is 2.20. The van der Waals surface area contributed by atoms with Crippen LogP contribution in [0.25, 0.3) is 5.69 Å². The molecule has 9 nitrogen and oxygen atoms in total. The molecule has 1 aromatic heterocycles. The maximum atomic E-state index is 10.9. The highest BCUT2D eigenvalue weighted by Gasteiger charge is 2.23. The molecule has 0 saturated carbocycles. The van der Waals surface area contributed by atoms with Crippen LogP contribution in [0.1, 0.15) is 5.82 Å². The number of hydrogen-bond acceptors (Lipinski definition) is 5. The summed E-state index contributed by atoms with van der Waals surface area (Å²) in [6.07, 6.45) is 0. The average molecular weight is 305 g/mol. The van der Waals surface area contributed by atoms with Crippen LogP contribution in [-0.2, 0) is 6.54 Å². The molecule has 0 amide bonds. The highest BCUT2D eigenvalue weighted by Crippen LogP contribution is 2.16. The van der Waals surface area contributed by atoms with E-state index in [-0.39, 0.29) is 5.69 Å². The molecule has 3 rings (SSSR count). The summed E-state index contributed by atoms with van der Waals surface area (Å²) < 4.78 is 1.59. The van der Waals surface area contributed by atoms with E-state index in [2.05, 4.69) is 22.6 Å². The molecule has 2 heterocycles. The van der Waals surface area contributed by atoms with Gasteiger partial charge < -0.3 is 9.80 Å². The molecular weight excluding hydrogens is 286 g/mol. The standard InChI is InChI=1S/C13H17N7O2/c1-17-5-7-18(8-6-17)10-13-14-15-16-19(13)11-3-2-4-12(9-11)20(21)22/h2-4,9H,5-8,10H2,1H3/p+2. The Kier molecular flexibility index (Phi) is 4.07. The Bertz CT molecular complexity index is 664. The average Bonchev–Trinajstić information content (AvgIpc) is 2.98. The quantitative estimate of drug-likeness (QED) is 0.480. The molecule has 2 aromatic rings. The molecule has 0 bridgehead atoms. The number of nitrogens with one attached hydrogen (secondary N) is 2. The summed E-state index contributed by atoms with van der Waals surface area (Å²) >= 11 is 0. The van der Waals surface area contributed by atoms with Crippen LogP contribution in [-0.4, -0.2) is 58.4 Å². The van der Waals surface area contributed by atoms with E-state index in [0.717, 1.165) is 38.5 Å². The summed E-state index contributed by atoms with van der Waals surface area (Å²) in [5.74, 6) is 0.732. The van der Waals surface area contributed by atoms with Gasteiger partial charge in [0.1, 0.15) is 32.7 Å². The first kappa shape index (κ1) is 14.5. The number of nitro groups is 1. The molecule has 0 spiro atoms. The third kappa shape index (κ3) is 3.10. The largest absolute Gasteiger partial charge is 0.328 e. The number of nitro benzene ring substituents is 1. The highest BCUT2D eigenvalue weighted by molar-refractivity contribution is 5.42. The molecule has 1 aliphatic rings. The zero-order valence-electron chi connectivity index (χ0n) is 12.4. The predicted molar refractivity (Wildman–Crippen MR) is 76.8 cm³/mol. The van der Waals surface area contributed by atoms with E-state index >= 15 is 0 Å². The van der Waals surface area contributed by atoms with Crippen LogP contribution in [0.15, 0.2) is 24.3 Å². The van der Waals surface area contributed by atoms with Crippen LogP contribution in [0.3, 0.4) is 0 Å². The fourth-order valence-electron chi connectivity index (χ4n) is 2.69. The van der Waals surface area contributed by atoms with Gasteiger partial charge in [-0.15, -0.1) is 5.10 Å². The topological polar surface area (TPSA) is 95.6 Å². The first-order chi connectivity index (χ1) is 10.6. The number of rotatable bonds is 4. The van der Waals surface area contributed by atoms with Gasteiger partial charge >= 0.3 is 0 Å². The van der Waals surface area contributed by atoms with Gasteiger partial charge in [0.15, 0.2) is 0 Å². The van der Waals surface area contributed by atoms with Crippen molar-refractivity contribution in [3.63, 3.8) is 0 Å². The zero-order chi connectivity index (χ0) is 15.5. The zero-order valence-corrected chi connectivity index (χ0v) is 12.4. The summed E-state index contributed by atoms with van der Waals surface area (Å²) in [6, 6.07) is 6.37. The van der Waals surface area contributed by atoms with Crippen LogP contribution in [0.5, 0.6) is 0 Å². The molecule has 1 fully saturated rings. The maximum absolute atomic E-state index is 10.9. The fourth-order valence-corrected chi connectivity index (χ4v) is 2.69. The lowest BCUT2D eigenvalue weighted by molar-refractivity contribution is -1.01. The molecule has 22 heavy (non-hydrogen) atoms. The van der Waals surface area contributed by atoms with Crippen molar-refractivity contribution in [3.8, 4) is 5.69 Å². The van der Waals surface area contributed by atoms with E-state index in [1.165, 1.54) is 17.0 Å². The lowest BCUT2D eigenvalue weighted by atomic mass is 10.3. The number of tetrazole rings is 1. The molecule has 1 aliphatic heterocycles. The highest BCUT2D eigenvalue weighted by atomic mass is 16.6. The molecule has 9 heteroatoms. The van der Waals surface area contributed by atoms with Gasteiger partial charge in [0.05, 0.1) is 17.7 Å². The number of hydrogen-bond donors (Lipinski definition) is 2. The number of likely N-dealkylation sites (N-methyl/N-ethyl adjacent to an activating group) is 1. The van der Waals surface area contributed by atoms with Gasteiger partial charge in [-0.1, -0.05) is 6.07 Å². The first-order valence-electron chi connectivity index (χ1n) is 7.30. The number of piperazine rings is 1. The third-order valence-corrected chi connectivity index (χ3v) is 4.04. The minimum Gasteiger partial charge on any atom is -0.328 e. The van der Waals surface area contributed by atoms with E-state index in [0.29, 0.717) is 5.69 Å². The Balaban J connectivity index is 1.80. The Morgan fingerprint density at radius 2 is 2.09 bits per heavy atom. The Labute approximate surface area is 127 Å². The number of quaternary nitrogens is 2. The molecule has 0 unspecified atom stereocenters. The molecule has 0 atom stereocenters. The van der Waals surface area contributed by atoms with Gasteiger partial charge in [0.2, 0.25) is 5.82 Å². The molecule has 2 N–H and O–H groups in total. The van der Waals surface area contributed by atoms with Crippen molar-refractivity contribution in [3.05, 3.63) is 40.2 Å². The van der Waals surface area contributed by atoms with Crippen molar-refractivity contribution in [1.29, 1.82) is 0 Å². The lowest BCUT2D eigenvalue weighted by Crippen LogP contribution is -3.26. The second-order valence-corrected chi connectivity index (χ2v) is 5.67. The number of non-ortho nitro benzene ring substituents is 1. The van der Waals surface area contributed by atoms with Gasteiger partial charge in [0, 0.05) is 12.1 Å². The molecule has 1 aromatic carbocycles. The van der Waals surface area contributed by atoms with E-state index in [1.807, 2.05) is 0 Å². The van der Waals surface area contributed by atoms with Gasteiger partial charge in [-0.2, -0.15) is 4.68 Å². The van der Waals surface area contributed by atoms with Crippen LogP contribution in [0.2, 0.25) is 0 Å². The number of aromatic nitrogens is 4. The van der Waals surface area contributed by atoms with Gasteiger partial charge in [-0.25, -0.2) is 0 Å². The van der Waals surface area contributed by atoms with Crippen LogP contribution < -0.4 is 9.80 Å².